The van der Waals surface area contributed by atoms with Crippen LogP contribution in [0.15, 0.2) is 30.3 Å². The summed E-state index contributed by atoms with van der Waals surface area (Å²) in [5.74, 6) is -0.712. The largest absolute Gasteiger partial charge is 0.493 e. The van der Waals surface area contributed by atoms with Gasteiger partial charge in [-0.05, 0) is 60.4 Å². The minimum Gasteiger partial charge on any atom is -0.493 e. The summed E-state index contributed by atoms with van der Waals surface area (Å²) in [6.07, 6.45) is 0.312. The second-order valence-electron chi connectivity index (χ2n) is 6.73. The van der Waals surface area contributed by atoms with Crippen LogP contribution in [0.4, 0.5) is 4.39 Å². The van der Waals surface area contributed by atoms with Gasteiger partial charge < -0.3 is 19.5 Å². The van der Waals surface area contributed by atoms with Crippen molar-refractivity contribution >= 4 is 11.9 Å². The zero-order valence-corrected chi connectivity index (χ0v) is 16.0. The molecule has 28 heavy (non-hydrogen) atoms. The second-order valence-corrected chi connectivity index (χ2v) is 6.73. The van der Waals surface area contributed by atoms with E-state index < -0.39 is 17.8 Å². The molecule has 2 aromatic carbocycles. The highest BCUT2D eigenvalue weighted by atomic mass is 19.1. The highest BCUT2D eigenvalue weighted by Crippen LogP contribution is 2.40. The van der Waals surface area contributed by atoms with Crippen molar-refractivity contribution in [3.8, 4) is 11.5 Å². The number of carbonyl (C=O) groups excluding carboxylic acids is 1. The number of carboxylic acids is 1. The fourth-order valence-electron chi connectivity index (χ4n) is 3.68. The van der Waals surface area contributed by atoms with Gasteiger partial charge in [-0.25, -0.2) is 4.39 Å². The van der Waals surface area contributed by atoms with Gasteiger partial charge in [-0.15, -0.1) is 0 Å². The highest BCUT2D eigenvalue weighted by molar-refractivity contribution is 5.96. The van der Waals surface area contributed by atoms with E-state index in [1.165, 1.54) is 32.4 Å². The summed E-state index contributed by atoms with van der Waals surface area (Å²) in [7, 11) is 3.04. The van der Waals surface area contributed by atoms with Gasteiger partial charge in [0, 0.05) is 12.1 Å². The van der Waals surface area contributed by atoms with Gasteiger partial charge in [0.05, 0.1) is 26.7 Å². The van der Waals surface area contributed by atoms with Gasteiger partial charge >= 0.3 is 5.97 Å². The average molecular weight is 387 g/mol. The number of hydrogen-bond donors (Lipinski definition) is 1. The Morgan fingerprint density at radius 1 is 1.18 bits per heavy atom. The van der Waals surface area contributed by atoms with Crippen molar-refractivity contribution in [1.29, 1.82) is 0 Å². The van der Waals surface area contributed by atoms with Gasteiger partial charge in [0.2, 0.25) is 0 Å². The smallest absolute Gasteiger partial charge is 0.305 e. The molecule has 1 heterocycles. The minimum absolute atomic E-state index is 0.242. The first-order valence-corrected chi connectivity index (χ1v) is 8.89. The zero-order chi connectivity index (χ0) is 20.4. The van der Waals surface area contributed by atoms with Crippen LogP contribution < -0.4 is 9.47 Å². The summed E-state index contributed by atoms with van der Waals surface area (Å²) >= 11 is 0. The number of hydrogen-bond acceptors (Lipinski definition) is 4. The first kappa shape index (κ1) is 19.7. The van der Waals surface area contributed by atoms with E-state index in [1.807, 2.05) is 6.07 Å². The summed E-state index contributed by atoms with van der Waals surface area (Å²) in [6, 6.07) is 6.88. The Hall–Kier alpha value is -3.09. The van der Waals surface area contributed by atoms with Crippen LogP contribution in [-0.4, -0.2) is 42.6 Å². The van der Waals surface area contributed by atoms with Crippen molar-refractivity contribution < 1.29 is 28.6 Å². The van der Waals surface area contributed by atoms with Crippen molar-refractivity contribution in [3.63, 3.8) is 0 Å². The number of ether oxygens (including phenoxy) is 2. The van der Waals surface area contributed by atoms with Gasteiger partial charge in [0.25, 0.3) is 5.91 Å². The van der Waals surface area contributed by atoms with E-state index in [0.29, 0.717) is 35.6 Å². The molecule has 1 atom stereocenters. The van der Waals surface area contributed by atoms with Gasteiger partial charge in [-0.3, -0.25) is 9.59 Å². The van der Waals surface area contributed by atoms with Gasteiger partial charge in [-0.1, -0.05) is 0 Å². The summed E-state index contributed by atoms with van der Waals surface area (Å²) in [4.78, 5) is 26.2. The van der Waals surface area contributed by atoms with Gasteiger partial charge in [-0.2, -0.15) is 0 Å². The lowest BCUT2D eigenvalue weighted by Crippen LogP contribution is -2.41. The number of methoxy groups -OCH3 is 2. The Kier molecular flexibility index (Phi) is 5.53. The molecule has 2 aromatic rings. The number of rotatable bonds is 5. The van der Waals surface area contributed by atoms with Crippen LogP contribution in [0, 0.1) is 12.7 Å². The molecule has 0 bridgehead atoms. The van der Waals surface area contributed by atoms with Crippen LogP contribution in [0.1, 0.15) is 39.5 Å². The normalized spacial score (nSPS) is 15.7. The number of nitrogens with zero attached hydrogens (tertiary/aromatic N) is 1. The third kappa shape index (κ3) is 3.65. The van der Waals surface area contributed by atoms with E-state index >= 15 is 0 Å². The Bertz CT molecular complexity index is 927. The molecule has 1 amide bonds. The number of carboxylic acid groups (broad SMARTS) is 1. The Morgan fingerprint density at radius 3 is 2.46 bits per heavy atom. The molecule has 0 saturated carbocycles. The summed E-state index contributed by atoms with van der Waals surface area (Å²) in [6.45, 7) is 2.02. The van der Waals surface area contributed by atoms with Crippen molar-refractivity contribution in [2.45, 2.75) is 25.8 Å². The molecule has 6 nitrogen and oxygen atoms in total. The number of aliphatic carboxylic acids is 1. The number of benzene rings is 2. The zero-order valence-electron chi connectivity index (χ0n) is 16.0. The van der Waals surface area contributed by atoms with E-state index in [1.54, 1.807) is 17.9 Å². The van der Waals surface area contributed by atoms with Crippen molar-refractivity contribution in [2.24, 2.45) is 0 Å². The fraction of sp³-hybridized carbons (Fsp3) is 0.333. The van der Waals surface area contributed by atoms with Crippen LogP contribution >= 0.6 is 0 Å². The third-order valence-corrected chi connectivity index (χ3v) is 5.05. The van der Waals surface area contributed by atoms with Crippen molar-refractivity contribution in [3.05, 3.63) is 58.4 Å². The Balaban J connectivity index is 2.05. The summed E-state index contributed by atoms with van der Waals surface area (Å²) < 4.78 is 24.1. The molecule has 148 valence electrons. The number of carbonyl (C=O) groups is 2. The Labute approximate surface area is 162 Å². The predicted octanol–water partition coefficient (Wildman–Crippen LogP) is 3.37. The number of amides is 1. The quantitative estimate of drug-likeness (QED) is 0.851. The van der Waals surface area contributed by atoms with Gasteiger partial charge in [0.1, 0.15) is 5.82 Å². The van der Waals surface area contributed by atoms with Crippen molar-refractivity contribution in [1.82, 2.24) is 4.90 Å². The van der Waals surface area contributed by atoms with E-state index in [2.05, 4.69) is 0 Å². The third-order valence-electron chi connectivity index (χ3n) is 5.05. The lowest BCUT2D eigenvalue weighted by atomic mass is 9.89. The van der Waals surface area contributed by atoms with Crippen LogP contribution in [-0.2, 0) is 11.2 Å². The summed E-state index contributed by atoms with van der Waals surface area (Å²) in [5.41, 5.74) is 2.51. The maximum Gasteiger partial charge on any atom is 0.305 e. The minimum atomic E-state index is -1.01. The first-order valence-electron chi connectivity index (χ1n) is 8.89. The molecule has 1 unspecified atom stereocenters. The van der Waals surface area contributed by atoms with Gasteiger partial charge in [0.15, 0.2) is 11.5 Å². The van der Waals surface area contributed by atoms with Crippen molar-refractivity contribution in [2.75, 3.05) is 20.8 Å². The topological polar surface area (TPSA) is 76.1 Å². The maximum atomic E-state index is 13.4. The maximum absolute atomic E-state index is 13.4. The lowest BCUT2D eigenvalue weighted by molar-refractivity contribution is -0.138. The standard InChI is InChI=1S/C21H22FNO5/c1-12-8-14(22)4-5-15(12)21(26)23-7-6-13-9-18(27-2)19(28-3)10-16(13)17(23)11-20(24)25/h4-5,8-10,17H,6-7,11H2,1-3H3,(H,24,25). The van der Waals surface area contributed by atoms with Crippen LogP contribution in [0.3, 0.4) is 0 Å². The fourth-order valence-corrected chi connectivity index (χ4v) is 3.68. The lowest BCUT2D eigenvalue weighted by Gasteiger charge is -2.37. The molecule has 1 aliphatic heterocycles. The molecular formula is C21H22FNO5. The van der Waals surface area contributed by atoms with E-state index in [4.69, 9.17) is 9.47 Å². The highest BCUT2D eigenvalue weighted by Gasteiger charge is 2.34. The van der Waals surface area contributed by atoms with Crippen LogP contribution in [0.2, 0.25) is 0 Å². The molecule has 0 aliphatic carbocycles. The molecule has 1 N–H and O–H groups in total. The number of fused-ring (bicyclic) bond motifs is 1. The molecule has 3 rings (SSSR count). The molecular weight excluding hydrogens is 365 g/mol. The van der Waals surface area contributed by atoms with E-state index in [0.717, 1.165) is 11.1 Å². The molecule has 7 heteroatoms. The molecule has 0 spiro atoms. The van der Waals surface area contributed by atoms with E-state index in [-0.39, 0.29) is 12.3 Å². The number of aryl methyl sites for hydroxylation is 1. The Morgan fingerprint density at radius 2 is 1.86 bits per heavy atom. The van der Waals surface area contributed by atoms with E-state index in [9.17, 15) is 19.1 Å². The monoisotopic (exact) mass is 387 g/mol. The molecule has 1 aliphatic rings. The molecule has 0 fully saturated rings. The average Bonchev–Trinajstić information content (AvgIpc) is 2.66. The molecule has 0 saturated heterocycles. The molecule has 0 radical (unpaired) electrons. The van der Waals surface area contributed by atoms with Crippen LogP contribution in [0.25, 0.3) is 0 Å². The predicted molar refractivity (Wildman–Crippen MR) is 100 cm³/mol. The van der Waals surface area contributed by atoms with Crippen LogP contribution in [0.5, 0.6) is 11.5 Å². The number of halogens is 1. The first-order chi connectivity index (χ1) is 13.3. The SMILES string of the molecule is COc1cc2c(cc1OC)C(CC(=O)O)N(C(=O)c1ccc(F)cc1C)CC2. The molecule has 0 aromatic heterocycles. The summed E-state index contributed by atoms with van der Waals surface area (Å²) in [5, 5.41) is 9.44. The second kappa shape index (κ2) is 7.88.